The van der Waals surface area contributed by atoms with Crippen LogP contribution in [-0.2, 0) is 0 Å². The Hall–Kier alpha value is -2.66. The Morgan fingerprint density at radius 2 is 1.85 bits per heavy atom. The molecule has 4 nitrogen and oxygen atoms in total. The largest absolute Gasteiger partial charge is 0.352 e. The molecule has 0 saturated carbocycles. The van der Waals surface area contributed by atoms with Crippen LogP contribution in [0.5, 0.6) is 0 Å². The summed E-state index contributed by atoms with van der Waals surface area (Å²) < 4.78 is 2.17. The van der Waals surface area contributed by atoms with Gasteiger partial charge in [0.1, 0.15) is 0 Å². The van der Waals surface area contributed by atoms with E-state index in [9.17, 15) is 0 Å². The Morgan fingerprint density at radius 3 is 2.56 bits per heavy atom. The van der Waals surface area contributed by atoms with Crippen molar-refractivity contribution in [3.05, 3.63) is 84.4 Å². The van der Waals surface area contributed by atoms with Crippen molar-refractivity contribution in [2.75, 3.05) is 6.54 Å². The van der Waals surface area contributed by atoms with Crippen molar-refractivity contribution >= 4 is 17.3 Å². The van der Waals surface area contributed by atoms with Gasteiger partial charge < -0.3 is 14.8 Å². The average Bonchev–Trinajstić information content (AvgIpc) is 3.28. The van der Waals surface area contributed by atoms with Gasteiger partial charge in [-0.2, -0.15) is 0 Å². The molecule has 0 radical (unpaired) electrons. The standard InChI is InChI=1S/C22H24N4S/c1-16(2)14-26-21(20(24-22(26)27)19-10-6-7-12-23-19)17-11-13-25(15-17)18-8-4-3-5-9-18/h3-13,15-16,20-21H,14H2,1-2H3,(H,24,27)/t20-,21+/m0/s1. The number of hydrogen-bond donors (Lipinski definition) is 1. The summed E-state index contributed by atoms with van der Waals surface area (Å²) in [6, 6.07) is 18.8. The summed E-state index contributed by atoms with van der Waals surface area (Å²) in [4.78, 5) is 6.90. The van der Waals surface area contributed by atoms with Crippen molar-refractivity contribution in [2.45, 2.75) is 25.9 Å². The van der Waals surface area contributed by atoms with E-state index in [1.165, 1.54) is 5.56 Å². The van der Waals surface area contributed by atoms with Gasteiger partial charge >= 0.3 is 0 Å². The molecule has 1 aromatic carbocycles. The molecule has 2 atom stereocenters. The fraction of sp³-hybridized carbons (Fsp3) is 0.273. The molecule has 3 heterocycles. The molecule has 0 amide bonds. The Balaban J connectivity index is 1.73. The van der Waals surface area contributed by atoms with E-state index in [2.05, 4.69) is 82.4 Å². The van der Waals surface area contributed by atoms with Gasteiger partial charge in [-0.05, 0) is 54.0 Å². The van der Waals surface area contributed by atoms with E-state index in [1.54, 1.807) is 0 Å². The molecule has 0 unspecified atom stereocenters. The molecule has 138 valence electrons. The van der Waals surface area contributed by atoms with Crippen LogP contribution >= 0.6 is 12.2 Å². The third-order valence-electron chi connectivity index (χ3n) is 4.87. The van der Waals surface area contributed by atoms with E-state index >= 15 is 0 Å². The van der Waals surface area contributed by atoms with Crippen LogP contribution in [0.1, 0.15) is 37.2 Å². The van der Waals surface area contributed by atoms with E-state index in [4.69, 9.17) is 12.2 Å². The molecule has 1 saturated heterocycles. The van der Waals surface area contributed by atoms with Gasteiger partial charge in [-0.15, -0.1) is 0 Å². The highest BCUT2D eigenvalue weighted by atomic mass is 32.1. The van der Waals surface area contributed by atoms with Gasteiger partial charge in [-0.25, -0.2) is 0 Å². The van der Waals surface area contributed by atoms with Gasteiger partial charge in [-0.3, -0.25) is 4.98 Å². The maximum absolute atomic E-state index is 5.69. The minimum absolute atomic E-state index is 0.0454. The summed E-state index contributed by atoms with van der Waals surface area (Å²) in [6.07, 6.45) is 6.17. The predicted octanol–water partition coefficient (Wildman–Crippen LogP) is 4.50. The number of benzene rings is 1. The molecule has 1 fully saturated rings. The summed E-state index contributed by atoms with van der Waals surface area (Å²) >= 11 is 5.69. The van der Waals surface area contributed by atoms with Crippen molar-refractivity contribution in [1.29, 1.82) is 0 Å². The lowest BCUT2D eigenvalue weighted by Gasteiger charge is -2.28. The summed E-state index contributed by atoms with van der Waals surface area (Å²) in [5.74, 6) is 0.519. The van der Waals surface area contributed by atoms with Crippen LogP contribution in [0.25, 0.3) is 5.69 Å². The zero-order valence-corrected chi connectivity index (χ0v) is 16.4. The maximum Gasteiger partial charge on any atom is 0.170 e. The molecule has 1 N–H and O–H groups in total. The van der Waals surface area contributed by atoms with E-state index in [-0.39, 0.29) is 12.1 Å². The molecule has 0 bridgehead atoms. The fourth-order valence-corrected chi connectivity index (χ4v) is 4.02. The number of aromatic nitrogens is 2. The third-order valence-corrected chi connectivity index (χ3v) is 5.22. The molecule has 2 aromatic heterocycles. The zero-order chi connectivity index (χ0) is 18.8. The van der Waals surface area contributed by atoms with Crippen LogP contribution < -0.4 is 5.32 Å². The number of para-hydroxylation sites is 1. The number of pyridine rings is 1. The van der Waals surface area contributed by atoms with Crippen LogP contribution in [0.4, 0.5) is 0 Å². The highest BCUT2D eigenvalue weighted by Crippen LogP contribution is 2.39. The lowest BCUT2D eigenvalue weighted by atomic mass is 9.98. The van der Waals surface area contributed by atoms with Crippen LogP contribution in [0, 0.1) is 5.92 Å². The van der Waals surface area contributed by atoms with Gasteiger partial charge in [-0.1, -0.05) is 38.1 Å². The summed E-state index contributed by atoms with van der Waals surface area (Å²) in [5.41, 5.74) is 3.41. The molecule has 4 rings (SSSR count). The molecule has 0 aliphatic carbocycles. The van der Waals surface area contributed by atoms with E-state index in [0.29, 0.717) is 5.92 Å². The smallest absolute Gasteiger partial charge is 0.170 e. The predicted molar refractivity (Wildman–Crippen MR) is 113 cm³/mol. The molecule has 27 heavy (non-hydrogen) atoms. The van der Waals surface area contributed by atoms with Crippen LogP contribution in [0.2, 0.25) is 0 Å². The minimum atomic E-state index is 0.0454. The third kappa shape index (κ3) is 3.60. The number of nitrogens with one attached hydrogen (secondary N) is 1. The molecular formula is C22H24N4S. The Labute approximate surface area is 165 Å². The number of rotatable bonds is 5. The Bertz CT molecular complexity index is 904. The van der Waals surface area contributed by atoms with Crippen LogP contribution in [-0.4, -0.2) is 26.1 Å². The minimum Gasteiger partial charge on any atom is -0.352 e. The van der Waals surface area contributed by atoms with Gasteiger partial charge in [0.15, 0.2) is 5.11 Å². The maximum atomic E-state index is 5.69. The highest BCUT2D eigenvalue weighted by molar-refractivity contribution is 7.80. The second-order valence-corrected chi connectivity index (χ2v) is 7.75. The van der Waals surface area contributed by atoms with Crippen molar-refractivity contribution in [3.63, 3.8) is 0 Å². The van der Waals surface area contributed by atoms with Gasteiger partial charge in [0.2, 0.25) is 0 Å². The first-order chi connectivity index (χ1) is 13.1. The second kappa shape index (κ2) is 7.53. The van der Waals surface area contributed by atoms with E-state index < -0.39 is 0 Å². The van der Waals surface area contributed by atoms with Crippen molar-refractivity contribution in [1.82, 2.24) is 19.8 Å². The lowest BCUT2D eigenvalue weighted by molar-refractivity contribution is 0.288. The lowest BCUT2D eigenvalue weighted by Crippen LogP contribution is -2.32. The van der Waals surface area contributed by atoms with Crippen molar-refractivity contribution < 1.29 is 0 Å². The van der Waals surface area contributed by atoms with Crippen LogP contribution in [0.15, 0.2) is 73.2 Å². The van der Waals surface area contributed by atoms with E-state index in [1.807, 2.05) is 24.4 Å². The quantitative estimate of drug-likeness (QED) is 0.665. The molecule has 5 heteroatoms. The zero-order valence-electron chi connectivity index (χ0n) is 15.6. The van der Waals surface area contributed by atoms with Gasteiger partial charge in [0.05, 0.1) is 17.8 Å². The monoisotopic (exact) mass is 376 g/mol. The second-order valence-electron chi connectivity index (χ2n) is 7.36. The number of hydrogen-bond acceptors (Lipinski definition) is 2. The number of thiocarbonyl (C=S) groups is 1. The first-order valence-corrected chi connectivity index (χ1v) is 9.75. The van der Waals surface area contributed by atoms with Crippen LogP contribution in [0.3, 0.4) is 0 Å². The summed E-state index contributed by atoms with van der Waals surface area (Å²) in [6.45, 7) is 5.36. The topological polar surface area (TPSA) is 33.1 Å². The highest BCUT2D eigenvalue weighted by Gasteiger charge is 2.40. The molecule has 3 aromatic rings. The number of nitrogens with zero attached hydrogens (tertiary/aromatic N) is 3. The average molecular weight is 377 g/mol. The molecular weight excluding hydrogens is 352 g/mol. The fourth-order valence-electron chi connectivity index (χ4n) is 3.71. The first-order valence-electron chi connectivity index (χ1n) is 9.35. The van der Waals surface area contributed by atoms with Crippen molar-refractivity contribution in [3.8, 4) is 5.69 Å². The SMILES string of the molecule is CC(C)CN1C(=S)N[C@@H](c2ccccn2)[C@H]1c1ccn(-c2ccccc2)c1. The molecule has 1 aliphatic rings. The summed E-state index contributed by atoms with van der Waals surface area (Å²) in [7, 11) is 0. The van der Waals surface area contributed by atoms with E-state index in [0.717, 1.165) is 23.0 Å². The van der Waals surface area contributed by atoms with Gasteiger partial charge in [0, 0.05) is 30.8 Å². The molecule has 1 aliphatic heterocycles. The summed E-state index contributed by atoms with van der Waals surface area (Å²) in [5, 5.41) is 4.31. The molecule has 0 spiro atoms. The first kappa shape index (κ1) is 17.7. The van der Waals surface area contributed by atoms with Crippen molar-refractivity contribution in [2.24, 2.45) is 5.92 Å². The van der Waals surface area contributed by atoms with Gasteiger partial charge in [0.25, 0.3) is 0 Å². The normalized spacial score (nSPS) is 19.5. The Morgan fingerprint density at radius 1 is 1.07 bits per heavy atom. The Kier molecular flexibility index (Phi) is 4.94.